The molecule has 0 spiro atoms. The number of hydrogen-bond acceptors (Lipinski definition) is 8. The predicted molar refractivity (Wildman–Crippen MR) is 207 cm³/mol. The molecule has 0 bridgehead atoms. The van der Waals surface area contributed by atoms with Crippen LogP contribution in [0.3, 0.4) is 0 Å². The average molecular weight is 831 g/mol. The maximum absolute atomic E-state index is 14.9. The second-order valence-corrected chi connectivity index (χ2v) is 15.5. The van der Waals surface area contributed by atoms with Crippen LogP contribution in [0, 0.1) is 17.0 Å². The second-order valence-electron chi connectivity index (χ2n) is 14.3. The largest absolute Gasteiger partial charge is 0.489 e. The van der Waals surface area contributed by atoms with E-state index in [9.17, 15) is 18.4 Å². The van der Waals surface area contributed by atoms with E-state index in [-0.39, 0.29) is 56.3 Å². The molecule has 10 nitrogen and oxygen atoms in total. The number of carbonyl (C=O) groups excluding carboxylic acids is 2. The van der Waals surface area contributed by atoms with Gasteiger partial charge in [0.2, 0.25) is 0 Å². The Bertz CT molecular complexity index is 2110. The average Bonchev–Trinajstić information content (AvgIpc) is 4.01. The van der Waals surface area contributed by atoms with E-state index in [1.807, 2.05) is 44.2 Å². The maximum atomic E-state index is 14.9. The molecule has 2 aliphatic rings. The van der Waals surface area contributed by atoms with Crippen LogP contribution in [0.4, 0.5) is 13.6 Å². The predicted octanol–water partition coefficient (Wildman–Crippen LogP) is 9.93. The highest BCUT2D eigenvalue weighted by atomic mass is 35.5. The standard InChI is InChI=1S/C41H40Cl3F2N3O7/c1-41(2)24-47(40(51)56-30-9-3-6-26(20-30)23-55-49(52)53)22-31(39(50)48(29-15-16-29)21-28-8-4-10-32(42)36(28)43)35(41)27-13-11-25(12-14-27)7-5-19-54-38-34(46)18-17-33(45)37(38)44/h3-4,6,8-14,17-18,20,29,52-53H,5,7,15-16,19,21-24H2,1-2H3. The third-order valence-corrected chi connectivity index (χ3v) is 10.8. The van der Waals surface area contributed by atoms with Gasteiger partial charge in [-0.25, -0.2) is 18.4 Å². The van der Waals surface area contributed by atoms with Gasteiger partial charge < -0.3 is 19.3 Å². The van der Waals surface area contributed by atoms with E-state index in [2.05, 4.69) is 4.84 Å². The Morgan fingerprint density at radius 3 is 2.34 bits per heavy atom. The normalized spacial score (nSPS) is 15.3. The molecule has 1 aliphatic heterocycles. The monoisotopic (exact) mass is 829 g/mol. The molecular weight excluding hydrogens is 791 g/mol. The Hall–Kier alpha value is -4.27. The number of carbonyl (C=O) groups is 2. The van der Waals surface area contributed by atoms with Crippen molar-refractivity contribution in [3.63, 3.8) is 0 Å². The van der Waals surface area contributed by atoms with Crippen molar-refractivity contribution < 1.29 is 43.1 Å². The fraction of sp³-hybridized carbons (Fsp3) is 0.317. The first-order valence-electron chi connectivity index (χ1n) is 17.9. The third kappa shape index (κ3) is 9.99. The molecule has 0 saturated heterocycles. The number of nitrogens with zero attached hydrogens (tertiary/aromatic N) is 3. The van der Waals surface area contributed by atoms with Crippen LogP contribution in [0.1, 0.15) is 55.4 Å². The number of ether oxygens (including phenoxy) is 2. The van der Waals surface area contributed by atoms with Crippen molar-refractivity contribution in [2.45, 2.75) is 58.7 Å². The molecule has 0 aromatic heterocycles. The summed E-state index contributed by atoms with van der Waals surface area (Å²) < 4.78 is 39.2. The lowest BCUT2D eigenvalue weighted by Crippen LogP contribution is -2.49. The minimum absolute atomic E-state index is 0.0178. The Kier molecular flexibility index (Phi) is 13.2. The first-order chi connectivity index (χ1) is 26.7. The minimum Gasteiger partial charge on any atom is -0.489 e. The molecule has 1 heterocycles. The minimum atomic E-state index is -0.763. The molecule has 4 aromatic carbocycles. The highest BCUT2D eigenvalue weighted by molar-refractivity contribution is 6.42. The van der Waals surface area contributed by atoms with Crippen molar-refractivity contribution in [2.24, 2.45) is 5.41 Å². The van der Waals surface area contributed by atoms with E-state index in [0.717, 1.165) is 41.7 Å². The van der Waals surface area contributed by atoms with E-state index in [1.54, 1.807) is 35.2 Å². The van der Waals surface area contributed by atoms with Crippen LogP contribution in [-0.2, 0) is 29.2 Å². The van der Waals surface area contributed by atoms with Crippen molar-refractivity contribution >= 4 is 52.4 Å². The van der Waals surface area contributed by atoms with Gasteiger partial charge in [0.05, 0.1) is 35.2 Å². The summed E-state index contributed by atoms with van der Waals surface area (Å²) in [6.45, 7) is 4.29. The smallest absolute Gasteiger partial charge is 0.415 e. The Morgan fingerprint density at radius 1 is 0.911 bits per heavy atom. The van der Waals surface area contributed by atoms with Crippen molar-refractivity contribution in [1.82, 2.24) is 15.2 Å². The van der Waals surface area contributed by atoms with Gasteiger partial charge in [-0.2, -0.15) is 0 Å². The first-order valence-corrected chi connectivity index (χ1v) is 19.0. The van der Waals surface area contributed by atoms with Crippen molar-refractivity contribution in [2.75, 3.05) is 19.7 Å². The summed E-state index contributed by atoms with van der Waals surface area (Å²) in [5.41, 5.74) is 3.49. The number of amides is 2. The summed E-state index contributed by atoms with van der Waals surface area (Å²) in [5.74, 6) is -1.84. The number of aryl methyl sites for hydroxylation is 1. The molecule has 1 fully saturated rings. The Balaban J connectivity index is 1.27. The highest BCUT2D eigenvalue weighted by Crippen LogP contribution is 2.44. The Labute approximate surface area is 338 Å². The summed E-state index contributed by atoms with van der Waals surface area (Å²) in [6.07, 6.45) is 2.05. The zero-order chi connectivity index (χ0) is 40.1. The van der Waals surface area contributed by atoms with Gasteiger partial charge in [0.25, 0.3) is 5.91 Å². The third-order valence-electron chi connectivity index (χ3n) is 9.60. The molecule has 56 heavy (non-hydrogen) atoms. The van der Waals surface area contributed by atoms with Gasteiger partial charge in [-0.15, -0.1) is 0 Å². The van der Waals surface area contributed by atoms with Crippen molar-refractivity contribution in [3.8, 4) is 11.5 Å². The van der Waals surface area contributed by atoms with Gasteiger partial charge >= 0.3 is 6.09 Å². The fourth-order valence-electron chi connectivity index (χ4n) is 6.87. The summed E-state index contributed by atoms with van der Waals surface area (Å²) >= 11 is 18.8. The van der Waals surface area contributed by atoms with Crippen LogP contribution in [0.5, 0.6) is 11.5 Å². The molecule has 2 amide bonds. The lowest BCUT2D eigenvalue weighted by molar-refractivity contribution is -0.497. The van der Waals surface area contributed by atoms with Crippen LogP contribution in [0.25, 0.3) is 5.57 Å². The lowest BCUT2D eigenvalue weighted by atomic mass is 9.74. The molecule has 0 radical (unpaired) electrons. The number of benzene rings is 4. The van der Waals surface area contributed by atoms with Crippen LogP contribution in [0.2, 0.25) is 15.1 Å². The molecule has 15 heteroatoms. The van der Waals surface area contributed by atoms with E-state index in [1.165, 1.54) is 11.0 Å². The van der Waals surface area contributed by atoms with Gasteiger partial charge in [0.15, 0.2) is 11.6 Å². The van der Waals surface area contributed by atoms with E-state index < -0.39 is 33.6 Å². The number of halogens is 5. The maximum Gasteiger partial charge on any atom is 0.415 e. The molecule has 0 unspecified atom stereocenters. The zero-order valence-corrected chi connectivity index (χ0v) is 32.9. The second kappa shape index (κ2) is 17.9. The molecule has 1 aliphatic carbocycles. The SMILES string of the molecule is CC1(C)CN(C(=O)Oc2cccc(CON(O)O)c2)CC(C(=O)N(Cc2cccc(Cl)c2Cl)C2CC2)=C1c1ccc(CCCOc2c(F)ccc(F)c2Cl)cc1. The molecule has 2 N–H and O–H groups in total. The van der Waals surface area contributed by atoms with Crippen LogP contribution < -0.4 is 9.47 Å². The van der Waals surface area contributed by atoms with Crippen LogP contribution >= 0.6 is 34.8 Å². The van der Waals surface area contributed by atoms with Crippen LogP contribution in [-0.4, -0.2) is 63.3 Å². The van der Waals surface area contributed by atoms with Crippen molar-refractivity contribution in [1.29, 1.82) is 0 Å². The van der Waals surface area contributed by atoms with Gasteiger partial charge in [-0.3, -0.25) is 15.2 Å². The fourth-order valence-corrected chi connectivity index (χ4v) is 7.45. The number of hydrogen-bond donors (Lipinski definition) is 2. The first kappa shape index (κ1) is 41.4. The molecule has 4 aromatic rings. The van der Waals surface area contributed by atoms with Crippen LogP contribution in [0.15, 0.2) is 84.4 Å². The molecule has 6 rings (SSSR count). The molecular formula is C41H40Cl3F2N3O7. The van der Waals surface area contributed by atoms with Crippen molar-refractivity contribution in [3.05, 3.63) is 133 Å². The van der Waals surface area contributed by atoms with E-state index in [0.29, 0.717) is 39.6 Å². The molecule has 296 valence electrons. The summed E-state index contributed by atoms with van der Waals surface area (Å²) in [6, 6.07) is 21.4. The highest BCUT2D eigenvalue weighted by Gasteiger charge is 2.43. The molecule has 1 saturated carbocycles. The number of rotatable bonds is 14. The zero-order valence-electron chi connectivity index (χ0n) is 30.6. The van der Waals surface area contributed by atoms with Gasteiger partial charge in [-0.1, -0.05) is 97.2 Å². The van der Waals surface area contributed by atoms with Gasteiger partial charge in [-0.05, 0) is 83.8 Å². The lowest BCUT2D eigenvalue weighted by Gasteiger charge is -2.42. The van der Waals surface area contributed by atoms with E-state index in [4.69, 9.17) is 54.7 Å². The Morgan fingerprint density at radius 2 is 1.62 bits per heavy atom. The topological polar surface area (TPSA) is 112 Å². The summed E-state index contributed by atoms with van der Waals surface area (Å²) in [7, 11) is 0. The summed E-state index contributed by atoms with van der Waals surface area (Å²) in [4.78, 5) is 36.6. The summed E-state index contributed by atoms with van der Waals surface area (Å²) in [5, 5.41) is 17.8. The van der Waals surface area contributed by atoms with Gasteiger partial charge in [0.1, 0.15) is 16.6 Å². The quantitative estimate of drug-likeness (QED) is 0.0734. The van der Waals surface area contributed by atoms with E-state index >= 15 is 0 Å². The van der Waals surface area contributed by atoms with Gasteiger partial charge in [0, 0.05) is 30.1 Å². The molecule has 0 atom stereocenters.